The maximum absolute atomic E-state index is 12.4. The van der Waals surface area contributed by atoms with Gasteiger partial charge in [0, 0.05) is 57.4 Å². The van der Waals surface area contributed by atoms with E-state index >= 15 is 0 Å². The van der Waals surface area contributed by atoms with Crippen molar-refractivity contribution in [2.75, 3.05) is 46.4 Å². The van der Waals surface area contributed by atoms with Crippen molar-refractivity contribution in [3.05, 3.63) is 0 Å². The second-order valence-corrected chi connectivity index (χ2v) is 9.58. The summed E-state index contributed by atoms with van der Waals surface area (Å²) in [6, 6.07) is 1.13. The van der Waals surface area contributed by atoms with Gasteiger partial charge in [0.25, 0.3) is 0 Å². The molecule has 0 saturated carbocycles. The lowest BCUT2D eigenvalue weighted by molar-refractivity contribution is 0.0187. The fraction of sp³-hybridized carbons (Fsp3) is 0.909. The molecular formula is C22H42N4O4. The van der Waals surface area contributed by atoms with E-state index in [1.165, 1.54) is 7.11 Å². The first kappa shape index (κ1) is 24.7. The quantitative estimate of drug-likeness (QED) is 0.675. The Kier molecular flexibility index (Phi) is 9.22. The summed E-state index contributed by atoms with van der Waals surface area (Å²) in [6.45, 7) is 15.7. The highest BCUT2D eigenvalue weighted by molar-refractivity contribution is 5.68. The van der Waals surface area contributed by atoms with Gasteiger partial charge in [-0.1, -0.05) is 0 Å². The molecule has 1 N–H and O–H groups in total. The number of hydrogen-bond donors (Lipinski definition) is 1. The number of piperazine rings is 1. The van der Waals surface area contributed by atoms with Crippen LogP contribution in [0.5, 0.6) is 0 Å². The Labute approximate surface area is 182 Å². The van der Waals surface area contributed by atoms with Crippen molar-refractivity contribution < 1.29 is 19.1 Å². The highest BCUT2D eigenvalue weighted by Gasteiger charge is 2.29. The standard InChI is InChI=1S/C22H42N4O4/c1-17(2)24-11-8-19(9-12-24)23-20(27)30-22(4,5)10-7-18(3)25-13-15-26(16-14-25)21(28)29-6/h17-19H,7-16H2,1-6H3,(H,23,27). The largest absolute Gasteiger partial charge is 0.453 e. The third-order valence-electron chi connectivity index (χ3n) is 6.49. The summed E-state index contributed by atoms with van der Waals surface area (Å²) in [4.78, 5) is 30.6. The van der Waals surface area contributed by atoms with Crippen molar-refractivity contribution >= 4 is 12.2 Å². The molecule has 2 heterocycles. The van der Waals surface area contributed by atoms with E-state index in [0.717, 1.165) is 51.9 Å². The smallest absolute Gasteiger partial charge is 0.409 e. The molecule has 0 aliphatic carbocycles. The first-order valence-corrected chi connectivity index (χ1v) is 11.4. The van der Waals surface area contributed by atoms with Crippen LogP contribution in [0.3, 0.4) is 0 Å². The third kappa shape index (κ3) is 7.61. The number of nitrogens with one attached hydrogen (secondary N) is 1. The molecule has 2 aliphatic rings. The Bertz CT molecular complexity index is 553. The number of carbonyl (C=O) groups is 2. The molecule has 1 atom stereocenters. The van der Waals surface area contributed by atoms with Crippen molar-refractivity contribution in [3.8, 4) is 0 Å². The van der Waals surface area contributed by atoms with Crippen LogP contribution >= 0.6 is 0 Å². The van der Waals surface area contributed by atoms with Crippen molar-refractivity contribution in [2.24, 2.45) is 0 Å². The molecule has 2 rings (SSSR count). The molecule has 0 spiro atoms. The molecule has 0 aromatic carbocycles. The van der Waals surface area contributed by atoms with Crippen molar-refractivity contribution in [1.82, 2.24) is 20.0 Å². The van der Waals surface area contributed by atoms with Crippen molar-refractivity contribution in [2.45, 2.75) is 84.0 Å². The third-order valence-corrected chi connectivity index (χ3v) is 6.49. The summed E-state index contributed by atoms with van der Waals surface area (Å²) in [5.74, 6) is 0. The van der Waals surface area contributed by atoms with Crippen LogP contribution < -0.4 is 5.32 Å². The number of alkyl carbamates (subject to hydrolysis) is 1. The minimum atomic E-state index is -0.509. The summed E-state index contributed by atoms with van der Waals surface area (Å²) in [7, 11) is 1.42. The molecular weight excluding hydrogens is 384 g/mol. The second-order valence-electron chi connectivity index (χ2n) is 9.58. The van der Waals surface area contributed by atoms with E-state index in [1.54, 1.807) is 4.90 Å². The molecule has 8 heteroatoms. The Morgan fingerprint density at radius 3 is 2.13 bits per heavy atom. The lowest BCUT2D eigenvalue weighted by atomic mass is 9.98. The van der Waals surface area contributed by atoms with Gasteiger partial charge in [-0.2, -0.15) is 0 Å². The number of piperidine rings is 1. The van der Waals surface area contributed by atoms with E-state index in [-0.39, 0.29) is 18.2 Å². The van der Waals surface area contributed by atoms with Gasteiger partial charge in [-0.3, -0.25) is 4.90 Å². The summed E-state index contributed by atoms with van der Waals surface area (Å²) >= 11 is 0. The van der Waals surface area contributed by atoms with Crippen molar-refractivity contribution in [1.29, 1.82) is 0 Å². The molecule has 8 nitrogen and oxygen atoms in total. The number of nitrogens with zero attached hydrogens (tertiary/aromatic N) is 3. The number of amides is 2. The number of methoxy groups -OCH3 is 1. The zero-order valence-electron chi connectivity index (χ0n) is 19.8. The Balaban J connectivity index is 1.68. The normalized spacial score (nSPS) is 20.8. The van der Waals surface area contributed by atoms with E-state index in [2.05, 4.69) is 35.9 Å². The van der Waals surface area contributed by atoms with Crippen LogP contribution in [-0.2, 0) is 9.47 Å². The van der Waals surface area contributed by atoms with E-state index < -0.39 is 5.60 Å². The molecule has 2 fully saturated rings. The van der Waals surface area contributed by atoms with Crippen LogP contribution in [0.15, 0.2) is 0 Å². The molecule has 174 valence electrons. The van der Waals surface area contributed by atoms with Crippen molar-refractivity contribution in [3.63, 3.8) is 0 Å². The Morgan fingerprint density at radius 1 is 1.00 bits per heavy atom. The van der Waals surface area contributed by atoms with Crippen LogP contribution in [0, 0.1) is 0 Å². The van der Waals surface area contributed by atoms with Crippen LogP contribution in [-0.4, -0.2) is 97.0 Å². The first-order valence-electron chi connectivity index (χ1n) is 11.4. The summed E-state index contributed by atoms with van der Waals surface area (Å²) in [6.07, 6.45) is 3.13. The monoisotopic (exact) mass is 426 g/mol. The van der Waals surface area contributed by atoms with Crippen LogP contribution in [0.1, 0.15) is 60.3 Å². The summed E-state index contributed by atoms with van der Waals surface area (Å²) in [5, 5.41) is 3.06. The topological polar surface area (TPSA) is 74.3 Å². The summed E-state index contributed by atoms with van der Waals surface area (Å²) < 4.78 is 10.6. The average molecular weight is 427 g/mol. The Hall–Kier alpha value is -1.54. The van der Waals surface area contributed by atoms with Gasteiger partial charge in [-0.05, 0) is 60.3 Å². The van der Waals surface area contributed by atoms with Crippen LogP contribution in [0.25, 0.3) is 0 Å². The molecule has 0 radical (unpaired) electrons. The number of carbonyl (C=O) groups excluding carboxylic acids is 2. The van der Waals surface area contributed by atoms with Gasteiger partial charge in [0.05, 0.1) is 7.11 Å². The maximum Gasteiger partial charge on any atom is 0.409 e. The Morgan fingerprint density at radius 2 is 1.60 bits per heavy atom. The molecule has 2 amide bonds. The highest BCUT2D eigenvalue weighted by Crippen LogP contribution is 2.22. The zero-order valence-corrected chi connectivity index (χ0v) is 19.8. The first-order chi connectivity index (χ1) is 14.1. The summed E-state index contributed by atoms with van der Waals surface area (Å²) in [5.41, 5.74) is -0.509. The lowest BCUT2D eigenvalue weighted by Crippen LogP contribution is -2.51. The molecule has 0 aromatic heterocycles. The fourth-order valence-electron chi connectivity index (χ4n) is 4.27. The molecule has 0 bridgehead atoms. The van der Waals surface area contributed by atoms with Gasteiger partial charge < -0.3 is 24.6 Å². The van der Waals surface area contributed by atoms with Gasteiger partial charge in [-0.25, -0.2) is 9.59 Å². The average Bonchev–Trinajstić information content (AvgIpc) is 2.71. The van der Waals surface area contributed by atoms with Gasteiger partial charge in [0.2, 0.25) is 0 Å². The molecule has 2 aliphatic heterocycles. The predicted octanol–water partition coefficient (Wildman–Crippen LogP) is 2.92. The van der Waals surface area contributed by atoms with E-state index in [9.17, 15) is 9.59 Å². The van der Waals surface area contributed by atoms with Gasteiger partial charge in [0.15, 0.2) is 0 Å². The van der Waals surface area contributed by atoms with E-state index in [0.29, 0.717) is 25.2 Å². The van der Waals surface area contributed by atoms with Gasteiger partial charge in [0.1, 0.15) is 5.60 Å². The second kappa shape index (κ2) is 11.2. The SMILES string of the molecule is COC(=O)N1CCN(C(C)CCC(C)(C)OC(=O)NC2CCN(C(C)C)CC2)CC1. The zero-order chi connectivity index (χ0) is 22.3. The maximum atomic E-state index is 12.4. The highest BCUT2D eigenvalue weighted by atomic mass is 16.6. The van der Waals surface area contributed by atoms with E-state index in [1.807, 2.05) is 13.8 Å². The number of rotatable bonds is 7. The molecule has 30 heavy (non-hydrogen) atoms. The number of hydrogen-bond acceptors (Lipinski definition) is 6. The molecule has 1 unspecified atom stereocenters. The fourth-order valence-corrected chi connectivity index (χ4v) is 4.27. The number of ether oxygens (including phenoxy) is 2. The predicted molar refractivity (Wildman–Crippen MR) is 118 cm³/mol. The van der Waals surface area contributed by atoms with Crippen LogP contribution in [0.2, 0.25) is 0 Å². The lowest BCUT2D eigenvalue weighted by Gasteiger charge is -2.38. The van der Waals surface area contributed by atoms with Gasteiger partial charge >= 0.3 is 12.2 Å². The number of likely N-dealkylation sites (tertiary alicyclic amines) is 1. The molecule has 0 aromatic rings. The van der Waals surface area contributed by atoms with E-state index in [4.69, 9.17) is 9.47 Å². The minimum absolute atomic E-state index is 0.202. The van der Waals surface area contributed by atoms with Gasteiger partial charge in [-0.15, -0.1) is 0 Å². The molecule has 2 saturated heterocycles. The van der Waals surface area contributed by atoms with Crippen LogP contribution in [0.4, 0.5) is 9.59 Å². The minimum Gasteiger partial charge on any atom is -0.453 e.